The highest BCUT2D eigenvalue weighted by Crippen LogP contribution is 2.14. The Balaban J connectivity index is 2.55. The van der Waals surface area contributed by atoms with Crippen LogP contribution in [0.4, 0.5) is 0 Å². The standard InChI is InChI=1S/C20H32N2O6Si/c1-3-27-19(24)5-4-11-28-16-8-6-15(7-9-16)13-17(22-18(23)14-29)20(25)21-10-12-26-2/h6-9,17H,3-5,10-14H2,1-2,29H3,(H,21,25)(H,22,23)/t17-/m0/s1. The van der Waals surface area contributed by atoms with Gasteiger partial charge in [0.05, 0.1) is 19.8 Å². The van der Waals surface area contributed by atoms with E-state index in [-0.39, 0.29) is 17.8 Å². The number of ether oxygens (including phenoxy) is 3. The van der Waals surface area contributed by atoms with E-state index in [1.807, 2.05) is 24.3 Å². The van der Waals surface area contributed by atoms with Crippen LogP contribution in [0, 0.1) is 0 Å². The third kappa shape index (κ3) is 10.6. The monoisotopic (exact) mass is 424 g/mol. The van der Waals surface area contributed by atoms with Gasteiger partial charge in [0.25, 0.3) is 0 Å². The van der Waals surface area contributed by atoms with Crippen LogP contribution in [0.15, 0.2) is 24.3 Å². The fourth-order valence-electron chi connectivity index (χ4n) is 2.50. The fraction of sp³-hybridized carbons (Fsp3) is 0.550. The van der Waals surface area contributed by atoms with Gasteiger partial charge in [-0.3, -0.25) is 14.4 Å². The minimum Gasteiger partial charge on any atom is -0.494 e. The van der Waals surface area contributed by atoms with Crippen LogP contribution in [0.25, 0.3) is 0 Å². The maximum atomic E-state index is 12.4. The van der Waals surface area contributed by atoms with Crippen LogP contribution in [-0.4, -0.2) is 67.5 Å². The summed E-state index contributed by atoms with van der Waals surface area (Å²) in [4.78, 5) is 35.5. The van der Waals surface area contributed by atoms with E-state index in [4.69, 9.17) is 14.2 Å². The third-order valence-corrected chi connectivity index (χ3v) is 4.68. The number of nitrogens with one attached hydrogen (secondary N) is 2. The van der Waals surface area contributed by atoms with Gasteiger partial charge in [0.1, 0.15) is 11.8 Å². The largest absolute Gasteiger partial charge is 0.494 e. The summed E-state index contributed by atoms with van der Waals surface area (Å²) in [7, 11) is 2.30. The molecule has 0 aliphatic carbocycles. The number of amides is 2. The van der Waals surface area contributed by atoms with Crippen LogP contribution in [-0.2, 0) is 30.3 Å². The number of hydrogen-bond acceptors (Lipinski definition) is 6. The molecule has 1 rings (SSSR count). The number of methoxy groups -OCH3 is 1. The normalized spacial score (nSPS) is 11.5. The van der Waals surface area contributed by atoms with Gasteiger partial charge in [-0.25, -0.2) is 0 Å². The van der Waals surface area contributed by atoms with Gasteiger partial charge < -0.3 is 24.8 Å². The Labute approximate surface area is 175 Å². The number of hydrogen-bond donors (Lipinski definition) is 2. The molecule has 1 aromatic rings. The Morgan fingerprint density at radius 2 is 1.86 bits per heavy atom. The van der Waals surface area contributed by atoms with Gasteiger partial charge in [-0.2, -0.15) is 0 Å². The molecule has 0 unspecified atom stereocenters. The Hall–Kier alpha value is -2.39. The summed E-state index contributed by atoms with van der Waals surface area (Å²) in [6, 6.07) is 7.17. The average Bonchev–Trinajstić information content (AvgIpc) is 2.72. The lowest BCUT2D eigenvalue weighted by Crippen LogP contribution is -2.48. The summed E-state index contributed by atoms with van der Waals surface area (Å²) < 4.78 is 15.4. The van der Waals surface area contributed by atoms with Crippen LogP contribution in [0.5, 0.6) is 5.75 Å². The summed E-state index contributed by atoms with van der Waals surface area (Å²) in [6.45, 7) is 3.38. The number of carbonyl (C=O) groups is 3. The highest BCUT2D eigenvalue weighted by Gasteiger charge is 2.20. The number of carbonyl (C=O) groups excluding carboxylic acids is 3. The first-order valence-corrected chi connectivity index (χ1v) is 11.3. The predicted molar refractivity (Wildman–Crippen MR) is 113 cm³/mol. The quantitative estimate of drug-likeness (QED) is 0.247. The van der Waals surface area contributed by atoms with E-state index >= 15 is 0 Å². The van der Waals surface area contributed by atoms with E-state index in [1.54, 1.807) is 14.0 Å². The van der Waals surface area contributed by atoms with E-state index < -0.39 is 6.04 Å². The van der Waals surface area contributed by atoms with Crippen molar-refractivity contribution in [1.29, 1.82) is 0 Å². The van der Waals surface area contributed by atoms with Gasteiger partial charge in [0, 0.05) is 42.8 Å². The highest BCUT2D eigenvalue weighted by molar-refractivity contribution is 6.19. The SMILES string of the molecule is CCOC(=O)CCCOc1ccc(C[C@H](NC(=O)C[SiH3])C(=O)NCCOC)cc1. The molecule has 0 saturated heterocycles. The van der Waals surface area contributed by atoms with Crippen molar-refractivity contribution in [3.8, 4) is 5.75 Å². The zero-order valence-corrected chi connectivity index (χ0v) is 19.5. The van der Waals surface area contributed by atoms with Gasteiger partial charge >= 0.3 is 5.97 Å². The number of esters is 1. The molecule has 29 heavy (non-hydrogen) atoms. The molecule has 0 bridgehead atoms. The summed E-state index contributed by atoms with van der Waals surface area (Å²) in [6.07, 6.45) is 1.29. The van der Waals surface area contributed by atoms with Gasteiger partial charge in [-0.1, -0.05) is 12.1 Å². The summed E-state index contributed by atoms with van der Waals surface area (Å²) in [5.41, 5.74) is 0.907. The molecule has 0 aromatic heterocycles. The molecule has 2 amide bonds. The molecule has 8 nitrogen and oxygen atoms in total. The van der Waals surface area contributed by atoms with Crippen molar-refractivity contribution in [2.75, 3.05) is 33.5 Å². The molecule has 1 atom stereocenters. The maximum absolute atomic E-state index is 12.4. The van der Waals surface area contributed by atoms with E-state index in [9.17, 15) is 14.4 Å². The predicted octanol–water partition coefficient (Wildman–Crippen LogP) is -0.0177. The Morgan fingerprint density at radius 3 is 2.48 bits per heavy atom. The lowest BCUT2D eigenvalue weighted by Gasteiger charge is -2.18. The van der Waals surface area contributed by atoms with Crippen LogP contribution < -0.4 is 15.4 Å². The molecule has 0 heterocycles. The second-order valence-corrected chi connectivity index (χ2v) is 7.07. The van der Waals surface area contributed by atoms with Crippen molar-refractivity contribution in [2.24, 2.45) is 0 Å². The Kier molecular flexibility index (Phi) is 12.4. The summed E-state index contributed by atoms with van der Waals surface area (Å²) >= 11 is 0. The van der Waals surface area contributed by atoms with Crippen molar-refractivity contribution in [2.45, 2.75) is 38.3 Å². The van der Waals surface area contributed by atoms with Crippen LogP contribution >= 0.6 is 0 Å². The minimum absolute atomic E-state index is 0.120. The first-order valence-electron chi connectivity index (χ1n) is 9.93. The average molecular weight is 425 g/mol. The smallest absolute Gasteiger partial charge is 0.305 e. The van der Waals surface area contributed by atoms with E-state index in [0.29, 0.717) is 57.4 Å². The maximum Gasteiger partial charge on any atom is 0.305 e. The van der Waals surface area contributed by atoms with E-state index in [1.165, 1.54) is 0 Å². The van der Waals surface area contributed by atoms with Gasteiger partial charge in [0.2, 0.25) is 11.8 Å². The molecule has 2 N–H and O–H groups in total. The first-order chi connectivity index (χ1) is 14.0. The van der Waals surface area contributed by atoms with Crippen LogP contribution in [0.2, 0.25) is 6.04 Å². The van der Waals surface area contributed by atoms with Crippen LogP contribution in [0.3, 0.4) is 0 Å². The molecule has 0 aliphatic rings. The Bertz CT molecular complexity index is 638. The topological polar surface area (TPSA) is 103 Å². The molecule has 0 saturated carbocycles. The molecular formula is C20H32N2O6Si. The van der Waals surface area contributed by atoms with Crippen molar-refractivity contribution in [3.63, 3.8) is 0 Å². The zero-order chi connectivity index (χ0) is 21.5. The second-order valence-electron chi connectivity index (χ2n) is 6.36. The van der Waals surface area contributed by atoms with Gasteiger partial charge in [-0.15, -0.1) is 0 Å². The zero-order valence-electron chi connectivity index (χ0n) is 17.5. The van der Waals surface area contributed by atoms with E-state index in [0.717, 1.165) is 15.8 Å². The second kappa shape index (κ2) is 14.6. The molecule has 9 heteroatoms. The van der Waals surface area contributed by atoms with Crippen molar-refractivity contribution in [1.82, 2.24) is 10.6 Å². The Morgan fingerprint density at radius 1 is 1.14 bits per heavy atom. The number of rotatable bonds is 14. The lowest BCUT2D eigenvalue weighted by atomic mass is 10.0. The molecule has 1 aromatic carbocycles. The van der Waals surface area contributed by atoms with Gasteiger partial charge in [-0.05, 0) is 31.0 Å². The molecular weight excluding hydrogens is 392 g/mol. The van der Waals surface area contributed by atoms with Crippen molar-refractivity contribution >= 4 is 28.0 Å². The minimum atomic E-state index is -0.635. The lowest BCUT2D eigenvalue weighted by molar-refractivity contribution is -0.143. The molecule has 0 spiro atoms. The van der Waals surface area contributed by atoms with Crippen molar-refractivity contribution < 1.29 is 28.6 Å². The third-order valence-electron chi connectivity index (χ3n) is 4.04. The van der Waals surface area contributed by atoms with Gasteiger partial charge in [0.15, 0.2) is 0 Å². The first kappa shape index (κ1) is 24.6. The van der Waals surface area contributed by atoms with Crippen LogP contribution in [0.1, 0.15) is 25.3 Å². The number of benzene rings is 1. The summed E-state index contributed by atoms with van der Waals surface area (Å²) in [5.74, 6) is 0.107. The molecule has 0 aliphatic heterocycles. The molecule has 162 valence electrons. The molecule has 0 radical (unpaired) electrons. The molecule has 0 fully saturated rings. The summed E-state index contributed by atoms with van der Waals surface area (Å²) in [5, 5.41) is 5.55. The fourth-order valence-corrected chi connectivity index (χ4v) is 2.71. The van der Waals surface area contributed by atoms with E-state index in [2.05, 4.69) is 10.6 Å². The van der Waals surface area contributed by atoms with Crippen molar-refractivity contribution in [3.05, 3.63) is 29.8 Å². The highest BCUT2D eigenvalue weighted by atomic mass is 28.1.